The molecule has 0 unspecified atom stereocenters. The van der Waals surface area contributed by atoms with Crippen molar-refractivity contribution in [3.8, 4) is 5.75 Å². The van der Waals surface area contributed by atoms with Gasteiger partial charge in [-0.2, -0.15) is 13.2 Å². The number of halogens is 4. The van der Waals surface area contributed by atoms with E-state index in [4.69, 9.17) is 4.74 Å². The summed E-state index contributed by atoms with van der Waals surface area (Å²) in [5, 5.41) is 1.59. The van der Waals surface area contributed by atoms with E-state index in [0.29, 0.717) is 23.8 Å². The predicted octanol–water partition coefficient (Wildman–Crippen LogP) is 10.8. The zero-order valence-corrected chi connectivity index (χ0v) is 23.9. The minimum atomic E-state index is -4.36. The van der Waals surface area contributed by atoms with E-state index in [1.165, 1.54) is 88.3 Å². The topological polar surface area (TPSA) is 9.23 Å². The van der Waals surface area contributed by atoms with Crippen LogP contribution in [0.1, 0.15) is 94.2 Å². The SMILES string of the molecule is CCCCCCCC1CCC(CCc2ccc3c(F)c(CCc4ccc(OCC(F)(F)F)cc4)ccc3c2)CC1. The Labute approximate surface area is 237 Å². The monoisotopic (exact) mass is 556 g/mol. The second-order valence-corrected chi connectivity index (χ2v) is 11.8. The minimum absolute atomic E-state index is 0.176. The van der Waals surface area contributed by atoms with E-state index in [1.807, 2.05) is 18.2 Å². The maximum Gasteiger partial charge on any atom is 0.422 e. The fourth-order valence-corrected chi connectivity index (χ4v) is 6.15. The van der Waals surface area contributed by atoms with Crippen molar-refractivity contribution in [2.45, 2.75) is 103 Å². The number of benzene rings is 3. The summed E-state index contributed by atoms with van der Waals surface area (Å²) in [6, 6.07) is 16.5. The third kappa shape index (κ3) is 9.52. The van der Waals surface area contributed by atoms with Gasteiger partial charge in [-0.1, -0.05) is 114 Å². The number of aryl methyl sites for hydroxylation is 3. The molecule has 0 aromatic heterocycles. The number of rotatable bonds is 14. The molecule has 3 aromatic rings. The molecule has 3 aromatic carbocycles. The maximum absolute atomic E-state index is 15.3. The van der Waals surface area contributed by atoms with Crippen molar-refractivity contribution in [3.05, 3.63) is 77.1 Å². The third-order valence-corrected chi connectivity index (χ3v) is 8.63. The molecule has 1 aliphatic rings. The van der Waals surface area contributed by atoms with Crippen LogP contribution in [0.2, 0.25) is 0 Å². The highest BCUT2D eigenvalue weighted by Crippen LogP contribution is 2.35. The lowest BCUT2D eigenvalue weighted by Crippen LogP contribution is -2.19. The summed E-state index contributed by atoms with van der Waals surface area (Å²) < 4.78 is 57.0. The van der Waals surface area contributed by atoms with Gasteiger partial charge in [0.05, 0.1) is 0 Å². The standard InChI is InChI=1S/C35H44F4O/c1-2-3-4-5-6-7-26-8-10-27(11-9-26)12-13-29-17-23-33-31(24-29)20-19-30(34(33)36)18-14-28-15-21-32(22-16-28)40-25-35(37,38)39/h15-17,19-24,26-27H,2-14,18,25H2,1H3. The molecule has 0 amide bonds. The number of hydrogen-bond donors (Lipinski definition) is 0. The average Bonchev–Trinajstić information content (AvgIpc) is 2.95. The van der Waals surface area contributed by atoms with Gasteiger partial charge in [0.1, 0.15) is 11.6 Å². The van der Waals surface area contributed by atoms with Crippen molar-refractivity contribution in [2.24, 2.45) is 11.8 Å². The highest BCUT2D eigenvalue weighted by molar-refractivity contribution is 5.84. The zero-order chi connectivity index (χ0) is 28.4. The lowest BCUT2D eigenvalue weighted by atomic mass is 9.77. The van der Waals surface area contributed by atoms with Crippen molar-refractivity contribution >= 4 is 10.8 Å². The van der Waals surface area contributed by atoms with Crippen LogP contribution in [0.3, 0.4) is 0 Å². The highest BCUT2D eigenvalue weighted by atomic mass is 19.4. The average molecular weight is 557 g/mol. The van der Waals surface area contributed by atoms with Crippen molar-refractivity contribution in [2.75, 3.05) is 6.61 Å². The fourth-order valence-electron chi connectivity index (χ4n) is 6.15. The first kappa shape index (κ1) is 30.4. The van der Waals surface area contributed by atoms with E-state index in [9.17, 15) is 13.2 Å². The van der Waals surface area contributed by atoms with Gasteiger partial charge in [0.15, 0.2) is 6.61 Å². The number of ether oxygens (including phenoxy) is 1. The van der Waals surface area contributed by atoms with Crippen LogP contribution < -0.4 is 4.74 Å². The number of unbranched alkanes of at least 4 members (excludes halogenated alkanes) is 4. The van der Waals surface area contributed by atoms with Gasteiger partial charge in [-0.15, -0.1) is 0 Å². The van der Waals surface area contributed by atoms with Crippen LogP contribution in [0.15, 0.2) is 54.6 Å². The summed E-state index contributed by atoms with van der Waals surface area (Å²) in [7, 11) is 0. The Kier molecular flexibility index (Phi) is 11.3. The molecule has 1 aliphatic carbocycles. The number of hydrogen-bond acceptors (Lipinski definition) is 1. The molecular weight excluding hydrogens is 512 g/mol. The van der Waals surface area contributed by atoms with Crippen molar-refractivity contribution in [1.82, 2.24) is 0 Å². The van der Waals surface area contributed by atoms with Crippen LogP contribution in [0, 0.1) is 17.7 Å². The summed E-state index contributed by atoms with van der Waals surface area (Å²) >= 11 is 0. The molecule has 0 saturated heterocycles. The summed E-state index contributed by atoms with van der Waals surface area (Å²) in [6.07, 6.45) is 12.8. The highest BCUT2D eigenvalue weighted by Gasteiger charge is 2.28. The molecule has 40 heavy (non-hydrogen) atoms. The van der Waals surface area contributed by atoms with E-state index in [-0.39, 0.29) is 11.6 Å². The summed E-state index contributed by atoms with van der Waals surface area (Å²) in [5.74, 6) is 1.75. The molecule has 0 atom stereocenters. The van der Waals surface area contributed by atoms with Crippen LogP contribution in [0.5, 0.6) is 5.75 Å². The first-order valence-corrected chi connectivity index (χ1v) is 15.3. The summed E-state index contributed by atoms with van der Waals surface area (Å²) in [5.41, 5.74) is 2.86. The molecule has 0 bridgehead atoms. The van der Waals surface area contributed by atoms with Gasteiger partial charge >= 0.3 is 6.18 Å². The smallest absolute Gasteiger partial charge is 0.422 e. The Morgan fingerprint density at radius 1 is 0.725 bits per heavy atom. The van der Waals surface area contributed by atoms with E-state index in [0.717, 1.165) is 29.2 Å². The van der Waals surface area contributed by atoms with E-state index < -0.39 is 12.8 Å². The minimum Gasteiger partial charge on any atom is -0.484 e. The molecule has 4 rings (SSSR count). The zero-order valence-electron chi connectivity index (χ0n) is 23.9. The Balaban J connectivity index is 1.23. The van der Waals surface area contributed by atoms with Gasteiger partial charge in [0.2, 0.25) is 0 Å². The Morgan fingerprint density at radius 3 is 2.10 bits per heavy atom. The van der Waals surface area contributed by atoms with Crippen molar-refractivity contribution < 1.29 is 22.3 Å². The Hall–Kier alpha value is -2.56. The van der Waals surface area contributed by atoms with Crippen LogP contribution in [0.4, 0.5) is 17.6 Å². The van der Waals surface area contributed by atoms with E-state index in [1.54, 1.807) is 12.1 Å². The second kappa shape index (κ2) is 14.9. The van der Waals surface area contributed by atoms with E-state index in [2.05, 4.69) is 19.1 Å². The molecule has 1 saturated carbocycles. The normalized spacial score (nSPS) is 17.8. The largest absolute Gasteiger partial charge is 0.484 e. The third-order valence-electron chi connectivity index (χ3n) is 8.63. The number of fused-ring (bicyclic) bond motifs is 1. The van der Waals surface area contributed by atoms with Crippen LogP contribution in [-0.4, -0.2) is 12.8 Å². The van der Waals surface area contributed by atoms with Gasteiger partial charge < -0.3 is 4.74 Å². The van der Waals surface area contributed by atoms with Gasteiger partial charge in [-0.3, -0.25) is 0 Å². The van der Waals surface area contributed by atoms with Crippen LogP contribution in [-0.2, 0) is 19.3 Å². The lowest BCUT2D eigenvalue weighted by Gasteiger charge is -2.28. The van der Waals surface area contributed by atoms with Gasteiger partial charge in [-0.25, -0.2) is 4.39 Å². The molecule has 0 N–H and O–H groups in total. The Morgan fingerprint density at radius 2 is 1.40 bits per heavy atom. The first-order valence-electron chi connectivity index (χ1n) is 15.3. The second-order valence-electron chi connectivity index (χ2n) is 11.8. The van der Waals surface area contributed by atoms with Gasteiger partial charge in [-0.05, 0) is 71.7 Å². The molecule has 0 aliphatic heterocycles. The van der Waals surface area contributed by atoms with Crippen LogP contribution in [0.25, 0.3) is 10.8 Å². The van der Waals surface area contributed by atoms with E-state index >= 15 is 4.39 Å². The van der Waals surface area contributed by atoms with Crippen molar-refractivity contribution in [3.63, 3.8) is 0 Å². The summed E-state index contributed by atoms with van der Waals surface area (Å²) in [4.78, 5) is 0. The van der Waals surface area contributed by atoms with Crippen molar-refractivity contribution in [1.29, 1.82) is 0 Å². The molecule has 218 valence electrons. The summed E-state index contributed by atoms with van der Waals surface area (Å²) in [6.45, 7) is 0.963. The molecule has 0 spiro atoms. The van der Waals surface area contributed by atoms with Gasteiger partial charge in [0, 0.05) is 5.39 Å². The quantitative estimate of drug-likeness (QED) is 0.142. The Bertz CT molecular complexity index is 1180. The first-order chi connectivity index (χ1) is 19.3. The molecule has 1 nitrogen and oxygen atoms in total. The molecule has 0 heterocycles. The predicted molar refractivity (Wildman–Crippen MR) is 156 cm³/mol. The molecule has 5 heteroatoms. The lowest BCUT2D eigenvalue weighted by molar-refractivity contribution is -0.153. The molecule has 1 fully saturated rings. The van der Waals surface area contributed by atoms with Crippen LogP contribution >= 0.6 is 0 Å². The molecular formula is C35H44F4O. The fraction of sp³-hybridized carbons (Fsp3) is 0.543. The molecule has 0 radical (unpaired) electrons. The number of alkyl halides is 3. The van der Waals surface area contributed by atoms with Gasteiger partial charge in [0.25, 0.3) is 0 Å². The maximum atomic E-state index is 15.3.